The number of hydrogen-bond donors (Lipinski definition) is 2. The van der Waals surface area contributed by atoms with Crippen LogP contribution in [0.4, 0.5) is 0 Å². The minimum atomic E-state index is -0.113. The molecule has 25 heavy (non-hydrogen) atoms. The molecule has 5 nitrogen and oxygen atoms in total. The Hall–Kier alpha value is -1.72. The zero-order valence-electron chi connectivity index (χ0n) is 14.8. The summed E-state index contributed by atoms with van der Waals surface area (Å²) >= 11 is 0. The van der Waals surface area contributed by atoms with E-state index in [9.17, 15) is 4.79 Å². The van der Waals surface area contributed by atoms with E-state index in [2.05, 4.69) is 11.9 Å². The highest BCUT2D eigenvalue weighted by Gasteiger charge is 2.25. The number of carbonyl (C=O) groups excluding carboxylic acids is 1. The first-order valence-electron chi connectivity index (χ1n) is 8.58. The van der Waals surface area contributed by atoms with Crippen molar-refractivity contribution < 1.29 is 14.3 Å². The second-order valence-electron chi connectivity index (χ2n) is 6.22. The van der Waals surface area contributed by atoms with Crippen molar-refractivity contribution in [1.29, 1.82) is 0 Å². The Kier molecular flexibility index (Phi) is 9.39. The molecule has 1 aliphatic carbocycles. The van der Waals surface area contributed by atoms with E-state index in [1.54, 1.807) is 7.11 Å². The average Bonchev–Trinajstić information content (AvgIpc) is 2.61. The highest BCUT2D eigenvalue weighted by molar-refractivity contribution is 5.85. The zero-order chi connectivity index (χ0) is 17.4. The second kappa shape index (κ2) is 11.0. The van der Waals surface area contributed by atoms with E-state index in [1.165, 1.54) is 6.42 Å². The fourth-order valence-corrected chi connectivity index (χ4v) is 3.20. The van der Waals surface area contributed by atoms with Gasteiger partial charge < -0.3 is 20.5 Å². The van der Waals surface area contributed by atoms with E-state index >= 15 is 0 Å². The first kappa shape index (κ1) is 21.3. The Balaban J connectivity index is 0.00000312. The smallest absolute Gasteiger partial charge is 0.258 e. The molecule has 140 valence electrons. The minimum Gasteiger partial charge on any atom is -0.493 e. The lowest BCUT2D eigenvalue weighted by Crippen LogP contribution is -2.46. The third kappa shape index (κ3) is 6.25. The summed E-state index contributed by atoms with van der Waals surface area (Å²) in [6.07, 6.45) is 7.01. The molecule has 3 N–H and O–H groups in total. The number of amides is 1. The van der Waals surface area contributed by atoms with Crippen molar-refractivity contribution in [3.63, 3.8) is 0 Å². The van der Waals surface area contributed by atoms with Gasteiger partial charge in [-0.25, -0.2) is 0 Å². The lowest BCUT2D eigenvalue weighted by atomic mass is 9.84. The van der Waals surface area contributed by atoms with Crippen molar-refractivity contribution in [2.45, 2.75) is 38.1 Å². The maximum absolute atomic E-state index is 12.2. The number of carbonyl (C=O) groups is 1. The molecule has 0 bridgehead atoms. The van der Waals surface area contributed by atoms with Crippen LogP contribution in [0.1, 0.15) is 31.2 Å². The van der Waals surface area contributed by atoms with Gasteiger partial charge >= 0.3 is 0 Å². The fourth-order valence-electron chi connectivity index (χ4n) is 3.20. The van der Waals surface area contributed by atoms with Crippen molar-refractivity contribution >= 4 is 18.3 Å². The lowest BCUT2D eigenvalue weighted by Gasteiger charge is -2.31. The molecular formula is C19H29ClN2O3. The van der Waals surface area contributed by atoms with Crippen LogP contribution in [0.2, 0.25) is 0 Å². The van der Waals surface area contributed by atoms with Crippen molar-refractivity contribution in [3.05, 3.63) is 36.4 Å². The van der Waals surface area contributed by atoms with Gasteiger partial charge in [0.2, 0.25) is 0 Å². The van der Waals surface area contributed by atoms with E-state index < -0.39 is 0 Å². The summed E-state index contributed by atoms with van der Waals surface area (Å²) in [7, 11) is 1.59. The van der Waals surface area contributed by atoms with Gasteiger partial charge in [-0.15, -0.1) is 19.0 Å². The zero-order valence-corrected chi connectivity index (χ0v) is 15.6. The van der Waals surface area contributed by atoms with E-state index in [4.69, 9.17) is 15.2 Å². The Labute approximate surface area is 156 Å². The third-order valence-corrected chi connectivity index (χ3v) is 4.53. The van der Waals surface area contributed by atoms with Gasteiger partial charge in [0.05, 0.1) is 7.11 Å². The summed E-state index contributed by atoms with van der Waals surface area (Å²) in [5.74, 6) is 1.45. The Bertz CT molecular complexity index is 566. The van der Waals surface area contributed by atoms with Crippen molar-refractivity contribution in [2.75, 3.05) is 20.3 Å². The van der Waals surface area contributed by atoms with Gasteiger partial charge in [-0.2, -0.15) is 0 Å². The summed E-state index contributed by atoms with van der Waals surface area (Å²) in [6.45, 7) is 4.32. The maximum Gasteiger partial charge on any atom is 0.258 e. The molecule has 0 spiro atoms. The highest BCUT2D eigenvalue weighted by atomic mass is 35.5. The minimum absolute atomic E-state index is 0. The number of ether oxygens (including phenoxy) is 2. The Morgan fingerprint density at radius 3 is 2.80 bits per heavy atom. The van der Waals surface area contributed by atoms with Crippen LogP contribution in [-0.2, 0) is 11.2 Å². The summed E-state index contributed by atoms with van der Waals surface area (Å²) in [4.78, 5) is 12.2. The van der Waals surface area contributed by atoms with Crippen LogP contribution >= 0.6 is 12.4 Å². The molecule has 1 amide bonds. The lowest BCUT2D eigenvalue weighted by molar-refractivity contribution is -0.124. The van der Waals surface area contributed by atoms with Crippen LogP contribution in [0.3, 0.4) is 0 Å². The molecule has 2 atom stereocenters. The molecule has 1 aromatic carbocycles. The molecule has 1 aromatic rings. The van der Waals surface area contributed by atoms with E-state index in [1.807, 2.05) is 24.3 Å². The predicted molar refractivity (Wildman–Crippen MR) is 103 cm³/mol. The molecule has 2 rings (SSSR count). The molecule has 0 saturated heterocycles. The fraction of sp³-hybridized carbons (Fsp3) is 0.526. The SMILES string of the molecule is C=CCc1ccc(OCC(=O)NC2CCCCC2CN)c(OC)c1.Cl. The quantitative estimate of drug-likeness (QED) is 0.692. The van der Waals surface area contributed by atoms with Gasteiger partial charge in [-0.3, -0.25) is 4.79 Å². The van der Waals surface area contributed by atoms with Gasteiger partial charge in [-0.1, -0.05) is 25.0 Å². The highest BCUT2D eigenvalue weighted by Crippen LogP contribution is 2.28. The average molecular weight is 369 g/mol. The van der Waals surface area contributed by atoms with Gasteiger partial charge in [0.1, 0.15) is 0 Å². The first-order chi connectivity index (χ1) is 11.7. The van der Waals surface area contributed by atoms with Gasteiger partial charge in [-0.05, 0) is 49.4 Å². The third-order valence-electron chi connectivity index (χ3n) is 4.53. The summed E-state index contributed by atoms with van der Waals surface area (Å²) in [5.41, 5.74) is 6.89. The molecule has 1 fully saturated rings. The van der Waals surface area contributed by atoms with Gasteiger partial charge in [0.15, 0.2) is 18.1 Å². The topological polar surface area (TPSA) is 73.6 Å². The van der Waals surface area contributed by atoms with Crippen LogP contribution < -0.4 is 20.5 Å². The molecule has 0 radical (unpaired) electrons. The largest absolute Gasteiger partial charge is 0.493 e. The summed E-state index contributed by atoms with van der Waals surface area (Å²) in [5, 5.41) is 3.06. The molecule has 0 aromatic heterocycles. The van der Waals surface area contributed by atoms with E-state index in [0.29, 0.717) is 24.0 Å². The van der Waals surface area contributed by atoms with Crippen molar-refractivity contribution in [1.82, 2.24) is 5.32 Å². The summed E-state index contributed by atoms with van der Waals surface area (Å²) in [6, 6.07) is 5.84. The van der Waals surface area contributed by atoms with Crippen LogP contribution in [0, 0.1) is 5.92 Å². The van der Waals surface area contributed by atoms with Gasteiger partial charge in [0.25, 0.3) is 5.91 Å². The number of nitrogens with two attached hydrogens (primary N) is 1. The summed E-state index contributed by atoms with van der Waals surface area (Å²) < 4.78 is 11.0. The molecule has 1 aliphatic rings. The van der Waals surface area contributed by atoms with Crippen LogP contribution in [0.25, 0.3) is 0 Å². The molecule has 6 heteroatoms. The monoisotopic (exact) mass is 368 g/mol. The first-order valence-corrected chi connectivity index (χ1v) is 8.58. The number of halogens is 1. The molecule has 2 unspecified atom stereocenters. The standard InChI is InChI=1S/C19H28N2O3.ClH/c1-3-6-14-9-10-17(18(11-14)23-2)24-13-19(22)21-16-8-5-4-7-15(16)12-20;/h3,9-11,15-16H,1,4-8,12-13,20H2,2H3,(H,21,22);1H. The number of methoxy groups -OCH3 is 1. The number of benzene rings is 1. The van der Waals surface area contributed by atoms with Crippen molar-refractivity contribution in [3.8, 4) is 11.5 Å². The predicted octanol–water partition coefficient (Wildman–Crippen LogP) is 2.86. The molecule has 1 saturated carbocycles. The van der Waals surface area contributed by atoms with Crippen molar-refractivity contribution in [2.24, 2.45) is 11.7 Å². The second-order valence-corrected chi connectivity index (χ2v) is 6.22. The van der Waals surface area contributed by atoms with Crippen LogP contribution in [-0.4, -0.2) is 32.2 Å². The molecule has 0 heterocycles. The Morgan fingerprint density at radius 1 is 1.36 bits per heavy atom. The number of rotatable bonds is 8. The van der Waals surface area contributed by atoms with Gasteiger partial charge in [0, 0.05) is 6.04 Å². The number of hydrogen-bond acceptors (Lipinski definition) is 4. The molecule has 0 aliphatic heterocycles. The van der Waals surface area contributed by atoms with Crippen LogP contribution in [0.5, 0.6) is 11.5 Å². The number of allylic oxidation sites excluding steroid dienone is 1. The van der Waals surface area contributed by atoms with Crippen LogP contribution in [0.15, 0.2) is 30.9 Å². The van der Waals surface area contributed by atoms with E-state index in [0.717, 1.165) is 31.2 Å². The normalized spacial score (nSPS) is 19.4. The molecular weight excluding hydrogens is 340 g/mol. The Morgan fingerprint density at radius 2 is 2.12 bits per heavy atom. The number of nitrogens with one attached hydrogen (secondary N) is 1. The van der Waals surface area contributed by atoms with E-state index in [-0.39, 0.29) is 31.0 Å². The maximum atomic E-state index is 12.2.